The lowest BCUT2D eigenvalue weighted by Crippen LogP contribution is -1.59. The topological polar surface area (TPSA) is 61.0 Å². The van der Waals surface area contributed by atoms with Crippen molar-refractivity contribution in [1.29, 1.82) is 0 Å². The molecule has 0 aliphatic carbocycles. The van der Waals surface area contributed by atoms with E-state index in [1.807, 2.05) is 6.92 Å². The third-order valence-corrected chi connectivity index (χ3v) is 0.556. The number of oxazole rings is 1. The Balaban J connectivity index is 0.000000360. The Kier molecular flexibility index (Phi) is 2.08. The van der Waals surface area contributed by atoms with Crippen LogP contribution in [0.25, 0.3) is 0 Å². The molecular formula is C4H8N2O. The summed E-state index contributed by atoms with van der Waals surface area (Å²) in [5.74, 6) is 0. The summed E-state index contributed by atoms with van der Waals surface area (Å²) in [7, 11) is 0. The average Bonchev–Trinajstić information content (AvgIpc) is 1.86. The van der Waals surface area contributed by atoms with E-state index in [0.717, 1.165) is 5.69 Å². The fourth-order valence-electron chi connectivity index (χ4n) is 0.273. The van der Waals surface area contributed by atoms with Crippen molar-refractivity contribution in [3.8, 4) is 0 Å². The Morgan fingerprint density at radius 2 is 2.43 bits per heavy atom. The summed E-state index contributed by atoms with van der Waals surface area (Å²) in [5.41, 5.74) is 0.926. The van der Waals surface area contributed by atoms with Gasteiger partial charge in [-0.15, -0.1) is 0 Å². The first-order valence-corrected chi connectivity index (χ1v) is 1.74. The van der Waals surface area contributed by atoms with Crippen LogP contribution in [0, 0.1) is 6.92 Å². The first-order chi connectivity index (χ1) is 2.89. The normalized spacial score (nSPS) is 7.57. The average molecular weight is 100 g/mol. The molecule has 3 nitrogen and oxygen atoms in total. The maximum atomic E-state index is 4.60. The van der Waals surface area contributed by atoms with Crippen molar-refractivity contribution in [2.24, 2.45) is 0 Å². The summed E-state index contributed by atoms with van der Waals surface area (Å²) in [4.78, 5) is 3.75. The van der Waals surface area contributed by atoms with Gasteiger partial charge in [0.1, 0.15) is 6.26 Å². The second-order valence-corrected chi connectivity index (χ2v) is 1.13. The van der Waals surface area contributed by atoms with Gasteiger partial charge in [0.15, 0.2) is 6.39 Å². The minimum absolute atomic E-state index is 0. The van der Waals surface area contributed by atoms with Crippen LogP contribution in [0.4, 0.5) is 0 Å². The minimum atomic E-state index is 0. The molecule has 3 heteroatoms. The van der Waals surface area contributed by atoms with Gasteiger partial charge in [0.25, 0.3) is 0 Å². The summed E-state index contributed by atoms with van der Waals surface area (Å²) in [5, 5.41) is 0. The highest BCUT2D eigenvalue weighted by Crippen LogP contribution is 1.86. The maximum absolute atomic E-state index is 4.60. The van der Waals surface area contributed by atoms with E-state index in [4.69, 9.17) is 0 Å². The van der Waals surface area contributed by atoms with Crippen LogP contribution in [0.5, 0.6) is 0 Å². The third-order valence-electron chi connectivity index (χ3n) is 0.556. The molecule has 0 spiro atoms. The van der Waals surface area contributed by atoms with Gasteiger partial charge in [-0.05, 0) is 6.92 Å². The lowest BCUT2D eigenvalue weighted by Gasteiger charge is -1.62. The van der Waals surface area contributed by atoms with Crippen LogP contribution >= 0.6 is 0 Å². The molecule has 0 amide bonds. The number of aryl methyl sites for hydroxylation is 1. The van der Waals surface area contributed by atoms with E-state index < -0.39 is 0 Å². The Bertz CT molecular complexity index is 113. The van der Waals surface area contributed by atoms with Crippen molar-refractivity contribution < 1.29 is 4.42 Å². The summed E-state index contributed by atoms with van der Waals surface area (Å²) in [6, 6.07) is 0. The summed E-state index contributed by atoms with van der Waals surface area (Å²) in [6.45, 7) is 1.88. The molecule has 0 unspecified atom stereocenters. The first kappa shape index (κ1) is 6.17. The maximum Gasteiger partial charge on any atom is 0.180 e. The number of hydrogen-bond donors (Lipinski definition) is 1. The smallest absolute Gasteiger partial charge is 0.180 e. The van der Waals surface area contributed by atoms with Crippen molar-refractivity contribution in [1.82, 2.24) is 11.1 Å². The summed E-state index contributed by atoms with van der Waals surface area (Å²) in [6.07, 6.45) is 3.01. The second kappa shape index (κ2) is 2.36. The molecule has 1 aromatic heterocycles. The zero-order valence-electron chi connectivity index (χ0n) is 4.22. The van der Waals surface area contributed by atoms with Crippen molar-refractivity contribution in [3.05, 3.63) is 18.4 Å². The predicted octanol–water partition coefficient (Wildman–Crippen LogP) is 1.15. The van der Waals surface area contributed by atoms with Gasteiger partial charge in [0.2, 0.25) is 0 Å². The Morgan fingerprint density at radius 3 is 2.57 bits per heavy atom. The molecule has 0 aliphatic rings. The highest BCUT2D eigenvalue weighted by molar-refractivity contribution is 4.83. The zero-order valence-corrected chi connectivity index (χ0v) is 4.22. The molecular weight excluding hydrogens is 92.1 g/mol. The van der Waals surface area contributed by atoms with E-state index in [0.29, 0.717) is 0 Å². The van der Waals surface area contributed by atoms with Gasteiger partial charge in [-0.2, -0.15) is 0 Å². The van der Waals surface area contributed by atoms with Gasteiger partial charge in [-0.1, -0.05) is 0 Å². The van der Waals surface area contributed by atoms with Crippen LogP contribution in [0.2, 0.25) is 0 Å². The number of rotatable bonds is 0. The van der Waals surface area contributed by atoms with Gasteiger partial charge >= 0.3 is 0 Å². The summed E-state index contributed by atoms with van der Waals surface area (Å²) >= 11 is 0. The van der Waals surface area contributed by atoms with Crippen molar-refractivity contribution in [2.75, 3.05) is 0 Å². The molecule has 0 atom stereocenters. The van der Waals surface area contributed by atoms with Crippen LogP contribution in [-0.2, 0) is 0 Å². The fourth-order valence-corrected chi connectivity index (χ4v) is 0.273. The number of nitrogens with zero attached hydrogens (tertiary/aromatic N) is 1. The molecule has 0 fully saturated rings. The van der Waals surface area contributed by atoms with E-state index in [1.54, 1.807) is 6.26 Å². The van der Waals surface area contributed by atoms with Gasteiger partial charge < -0.3 is 10.6 Å². The highest BCUT2D eigenvalue weighted by Gasteiger charge is 1.77. The van der Waals surface area contributed by atoms with Crippen LogP contribution < -0.4 is 6.15 Å². The van der Waals surface area contributed by atoms with Gasteiger partial charge in [-0.3, -0.25) is 0 Å². The lowest BCUT2D eigenvalue weighted by atomic mass is 10.6. The zero-order chi connectivity index (χ0) is 4.41. The molecule has 0 saturated carbocycles. The van der Waals surface area contributed by atoms with Gasteiger partial charge in [0.05, 0.1) is 5.69 Å². The molecule has 0 aliphatic heterocycles. The fraction of sp³-hybridized carbons (Fsp3) is 0.250. The molecule has 0 aromatic carbocycles. The Morgan fingerprint density at radius 1 is 1.71 bits per heavy atom. The minimum Gasteiger partial charge on any atom is -0.452 e. The molecule has 0 bridgehead atoms. The molecule has 0 radical (unpaired) electrons. The van der Waals surface area contributed by atoms with E-state index in [9.17, 15) is 0 Å². The monoisotopic (exact) mass is 100 g/mol. The van der Waals surface area contributed by atoms with Crippen LogP contribution in [-0.4, -0.2) is 4.98 Å². The van der Waals surface area contributed by atoms with Gasteiger partial charge in [-0.25, -0.2) is 4.98 Å². The Hall–Kier alpha value is -0.830. The number of hydrogen-bond acceptors (Lipinski definition) is 3. The van der Waals surface area contributed by atoms with Crippen LogP contribution in [0.3, 0.4) is 0 Å². The quantitative estimate of drug-likeness (QED) is 0.531. The van der Waals surface area contributed by atoms with Crippen molar-refractivity contribution in [2.45, 2.75) is 6.92 Å². The van der Waals surface area contributed by atoms with E-state index >= 15 is 0 Å². The van der Waals surface area contributed by atoms with E-state index in [2.05, 4.69) is 9.40 Å². The highest BCUT2D eigenvalue weighted by atomic mass is 16.3. The lowest BCUT2D eigenvalue weighted by molar-refractivity contribution is 0.557. The predicted molar refractivity (Wildman–Crippen MR) is 26.3 cm³/mol. The Labute approximate surface area is 41.9 Å². The molecule has 7 heavy (non-hydrogen) atoms. The molecule has 0 saturated heterocycles. The molecule has 1 rings (SSSR count). The summed E-state index contributed by atoms with van der Waals surface area (Å²) < 4.78 is 4.60. The SMILES string of the molecule is Cc1cocn1.N. The van der Waals surface area contributed by atoms with Crippen LogP contribution in [0.15, 0.2) is 17.1 Å². The molecule has 3 N–H and O–H groups in total. The number of aromatic nitrogens is 1. The largest absolute Gasteiger partial charge is 0.452 e. The van der Waals surface area contributed by atoms with Gasteiger partial charge in [0, 0.05) is 0 Å². The van der Waals surface area contributed by atoms with E-state index in [-0.39, 0.29) is 6.15 Å². The second-order valence-electron chi connectivity index (χ2n) is 1.13. The standard InChI is InChI=1S/C4H5NO.H3N/c1-4-2-6-3-5-4;/h2-3H,1H3;1H3. The third kappa shape index (κ3) is 1.36. The van der Waals surface area contributed by atoms with E-state index in [1.165, 1.54) is 6.39 Å². The van der Waals surface area contributed by atoms with Crippen molar-refractivity contribution in [3.63, 3.8) is 0 Å². The van der Waals surface area contributed by atoms with Crippen molar-refractivity contribution >= 4 is 0 Å². The molecule has 40 valence electrons. The first-order valence-electron chi connectivity index (χ1n) is 1.74. The molecule has 1 heterocycles. The molecule has 1 aromatic rings. The van der Waals surface area contributed by atoms with Crippen LogP contribution in [0.1, 0.15) is 5.69 Å².